The summed E-state index contributed by atoms with van der Waals surface area (Å²) in [5.41, 5.74) is 12.6. The standard InChI is InChI=1S/C21H15ClN4/c22-14-2-1-3-15(8-14)26-12-13-10-24-6-4-16(13)18-9-20(23)17-5-7-25-11-19(17)21(18)26/h1-11H,12,23H2. The fourth-order valence-corrected chi connectivity index (χ4v) is 3.89. The van der Waals surface area contributed by atoms with Crippen molar-refractivity contribution in [1.29, 1.82) is 0 Å². The number of hydrogen-bond acceptors (Lipinski definition) is 4. The lowest BCUT2D eigenvalue weighted by Crippen LogP contribution is -2.22. The van der Waals surface area contributed by atoms with Gasteiger partial charge in [-0.1, -0.05) is 17.7 Å². The number of aromatic nitrogens is 2. The summed E-state index contributed by atoms with van der Waals surface area (Å²) in [7, 11) is 0. The summed E-state index contributed by atoms with van der Waals surface area (Å²) >= 11 is 6.26. The SMILES string of the molecule is Nc1cc2c(c3cnccc13)N(c1cccc(Cl)c1)Cc1cnccc1-2. The first-order valence-corrected chi connectivity index (χ1v) is 8.73. The molecule has 0 unspecified atom stereocenters. The molecule has 0 fully saturated rings. The van der Waals surface area contributed by atoms with Gasteiger partial charge in [-0.25, -0.2) is 0 Å². The Kier molecular flexibility index (Phi) is 3.33. The quantitative estimate of drug-likeness (QED) is 0.476. The second-order valence-corrected chi connectivity index (χ2v) is 6.82. The number of nitrogen functional groups attached to an aromatic ring is 1. The molecule has 0 bridgehead atoms. The Morgan fingerprint density at radius 2 is 1.77 bits per heavy atom. The maximum Gasteiger partial charge on any atom is 0.0590 e. The number of pyridine rings is 2. The number of nitrogens with zero attached hydrogens (tertiary/aromatic N) is 3. The highest BCUT2D eigenvalue weighted by atomic mass is 35.5. The highest BCUT2D eigenvalue weighted by Gasteiger charge is 2.26. The molecule has 0 spiro atoms. The summed E-state index contributed by atoms with van der Waals surface area (Å²) in [6.45, 7) is 0.713. The van der Waals surface area contributed by atoms with Crippen LogP contribution < -0.4 is 10.6 Å². The Balaban J connectivity index is 1.88. The fourth-order valence-electron chi connectivity index (χ4n) is 3.71. The molecular weight excluding hydrogens is 344 g/mol. The predicted molar refractivity (Wildman–Crippen MR) is 107 cm³/mol. The van der Waals surface area contributed by atoms with E-state index in [2.05, 4.69) is 20.9 Å². The van der Waals surface area contributed by atoms with Crippen molar-refractivity contribution in [2.75, 3.05) is 10.6 Å². The number of hydrogen-bond donors (Lipinski definition) is 1. The zero-order valence-electron chi connectivity index (χ0n) is 13.9. The van der Waals surface area contributed by atoms with Crippen molar-refractivity contribution in [3.8, 4) is 11.1 Å². The lowest BCUT2D eigenvalue weighted by atomic mass is 9.91. The van der Waals surface area contributed by atoms with Crippen LogP contribution in [0.15, 0.2) is 67.3 Å². The first kappa shape index (κ1) is 15.2. The summed E-state index contributed by atoms with van der Waals surface area (Å²) in [6, 6.07) is 13.9. The normalized spacial score (nSPS) is 12.7. The molecular formula is C21H15ClN4. The molecule has 5 rings (SSSR count). The van der Waals surface area contributed by atoms with Gasteiger partial charge in [0, 0.05) is 57.5 Å². The predicted octanol–water partition coefficient (Wildman–Crippen LogP) is 5.18. The molecule has 2 aromatic carbocycles. The average molecular weight is 359 g/mol. The molecule has 0 amide bonds. The zero-order chi connectivity index (χ0) is 17.7. The molecule has 2 aromatic heterocycles. The number of halogens is 1. The fraction of sp³-hybridized carbons (Fsp3) is 0.0476. The number of anilines is 3. The maximum absolute atomic E-state index is 6.36. The van der Waals surface area contributed by atoms with Crippen molar-refractivity contribution >= 4 is 39.4 Å². The van der Waals surface area contributed by atoms with E-state index in [1.54, 1.807) is 6.20 Å². The van der Waals surface area contributed by atoms with Crippen molar-refractivity contribution in [2.24, 2.45) is 0 Å². The Hall–Kier alpha value is -3.11. The van der Waals surface area contributed by atoms with Crippen LogP contribution in [0.1, 0.15) is 5.56 Å². The largest absolute Gasteiger partial charge is 0.398 e. The van der Waals surface area contributed by atoms with Crippen molar-refractivity contribution < 1.29 is 0 Å². The summed E-state index contributed by atoms with van der Waals surface area (Å²) in [4.78, 5) is 10.9. The van der Waals surface area contributed by atoms with E-state index in [-0.39, 0.29) is 0 Å². The molecule has 1 aliphatic rings. The first-order valence-electron chi connectivity index (χ1n) is 8.35. The van der Waals surface area contributed by atoms with Gasteiger partial charge in [0.2, 0.25) is 0 Å². The highest BCUT2D eigenvalue weighted by Crippen LogP contribution is 2.47. The molecule has 0 saturated heterocycles. The van der Waals surface area contributed by atoms with E-state index in [4.69, 9.17) is 17.3 Å². The third-order valence-corrected chi connectivity index (χ3v) is 5.09. The minimum atomic E-state index is 0.707. The Morgan fingerprint density at radius 1 is 0.923 bits per heavy atom. The van der Waals surface area contributed by atoms with Gasteiger partial charge in [-0.15, -0.1) is 0 Å². The molecule has 0 atom stereocenters. The lowest BCUT2D eigenvalue weighted by Gasteiger charge is -2.34. The third kappa shape index (κ3) is 2.23. The van der Waals surface area contributed by atoms with E-state index in [0.717, 1.165) is 44.5 Å². The third-order valence-electron chi connectivity index (χ3n) is 4.85. The van der Waals surface area contributed by atoms with Crippen LogP contribution in [-0.4, -0.2) is 9.97 Å². The molecule has 1 aliphatic heterocycles. The molecule has 2 N–H and O–H groups in total. The van der Waals surface area contributed by atoms with Crippen molar-refractivity contribution in [3.63, 3.8) is 0 Å². The van der Waals surface area contributed by atoms with E-state index in [0.29, 0.717) is 11.6 Å². The average Bonchev–Trinajstić information content (AvgIpc) is 2.67. The van der Waals surface area contributed by atoms with E-state index >= 15 is 0 Å². The minimum Gasteiger partial charge on any atom is -0.398 e. The Morgan fingerprint density at radius 3 is 2.65 bits per heavy atom. The van der Waals surface area contributed by atoms with E-state index in [9.17, 15) is 0 Å². The lowest BCUT2D eigenvalue weighted by molar-refractivity contribution is 0.955. The van der Waals surface area contributed by atoms with E-state index < -0.39 is 0 Å². The topological polar surface area (TPSA) is 55.0 Å². The van der Waals surface area contributed by atoms with Gasteiger partial charge in [-0.05, 0) is 47.5 Å². The van der Waals surface area contributed by atoms with Crippen molar-refractivity contribution in [1.82, 2.24) is 9.97 Å². The van der Waals surface area contributed by atoms with E-state index in [1.807, 2.05) is 55.0 Å². The molecule has 26 heavy (non-hydrogen) atoms. The van der Waals surface area contributed by atoms with Crippen molar-refractivity contribution in [2.45, 2.75) is 6.54 Å². The second-order valence-electron chi connectivity index (χ2n) is 6.38. The highest BCUT2D eigenvalue weighted by molar-refractivity contribution is 6.30. The van der Waals surface area contributed by atoms with Gasteiger partial charge >= 0.3 is 0 Å². The van der Waals surface area contributed by atoms with Crippen LogP contribution in [0.2, 0.25) is 5.02 Å². The molecule has 5 heteroatoms. The smallest absolute Gasteiger partial charge is 0.0590 e. The summed E-state index contributed by atoms with van der Waals surface area (Å²) in [5, 5.41) is 2.74. The molecule has 0 saturated carbocycles. The maximum atomic E-state index is 6.36. The summed E-state index contributed by atoms with van der Waals surface area (Å²) < 4.78 is 0. The van der Waals surface area contributed by atoms with Gasteiger partial charge < -0.3 is 10.6 Å². The van der Waals surface area contributed by atoms with Crippen LogP contribution in [0.4, 0.5) is 17.1 Å². The van der Waals surface area contributed by atoms with Gasteiger partial charge in [0.05, 0.1) is 12.2 Å². The van der Waals surface area contributed by atoms with Crippen LogP contribution in [0.5, 0.6) is 0 Å². The number of rotatable bonds is 1. The molecule has 4 nitrogen and oxygen atoms in total. The van der Waals surface area contributed by atoms with Crippen LogP contribution in [0.3, 0.4) is 0 Å². The van der Waals surface area contributed by atoms with Gasteiger partial charge in [0.1, 0.15) is 0 Å². The van der Waals surface area contributed by atoms with E-state index in [1.165, 1.54) is 0 Å². The zero-order valence-corrected chi connectivity index (χ0v) is 14.6. The Labute approximate surface area is 155 Å². The van der Waals surface area contributed by atoms with Crippen LogP contribution in [0, 0.1) is 0 Å². The van der Waals surface area contributed by atoms with Crippen LogP contribution >= 0.6 is 11.6 Å². The monoisotopic (exact) mass is 358 g/mol. The molecule has 3 heterocycles. The van der Waals surface area contributed by atoms with Gasteiger partial charge in [0.25, 0.3) is 0 Å². The van der Waals surface area contributed by atoms with Gasteiger partial charge in [-0.3, -0.25) is 9.97 Å². The second kappa shape index (κ2) is 5.71. The number of fused-ring (bicyclic) bond motifs is 5. The number of benzene rings is 2. The van der Waals surface area contributed by atoms with Crippen LogP contribution in [-0.2, 0) is 6.54 Å². The molecule has 0 radical (unpaired) electrons. The van der Waals surface area contributed by atoms with Crippen LogP contribution in [0.25, 0.3) is 21.9 Å². The van der Waals surface area contributed by atoms with Gasteiger partial charge in [0.15, 0.2) is 0 Å². The van der Waals surface area contributed by atoms with Crippen molar-refractivity contribution in [3.05, 3.63) is 77.8 Å². The Bertz CT molecular complexity index is 1160. The number of nitrogens with two attached hydrogens (primary N) is 1. The molecule has 4 aromatic rings. The summed E-state index contributed by atoms with van der Waals surface area (Å²) in [6.07, 6.45) is 7.39. The summed E-state index contributed by atoms with van der Waals surface area (Å²) in [5.74, 6) is 0. The molecule has 126 valence electrons. The molecule has 0 aliphatic carbocycles. The van der Waals surface area contributed by atoms with Gasteiger partial charge in [-0.2, -0.15) is 0 Å². The minimum absolute atomic E-state index is 0.707. The first-order chi connectivity index (χ1) is 12.7.